The average molecular weight is 361 g/mol. The van der Waals surface area contributed by atoms with Crippen LogP contribution in [-0.2, 0) is 4.79 Å². The molecular weight excluding hydrogens is 328 g/mol. The molecule has 3 rings (SSSR count). The first-order valence-electron chi connectivity index (χ1n) is 9.72. The minimum absolute atomic E-state index is 0.0817. The summed E-state index contributed by atoms with van der Waals surface area (Å²) in [5, 5.41) is 3.16. The van der Waals surface area contributed by atoms with Gasteiger partial charge in [-0.15, -0.1) is 0 Å². The van der Waals surface area contributed by atoms with Crippen LogP contribution in [-0.4, -0.2) is 50.1 Å². The van der Waals surface area contributed by atoms with Crippen molar-refractivity contribution in [3.05, 3.63) is 29.8 Å². The van der Waals surface area contributed by atoms with Gasteiger partial charge < -0.3 is 15.0 Å². The van der Waals surface area contributed by atoms with Crippen molar-refractivity contribution < 1.29 is 9.53 Å². The first-order chi connectivity index (χ1) is 12.6. The maximum Gasteiger partial charge on any atom is 0.217 e. The Morgan fingerprint density at radius 3 is 2.69 bits per heavy atom. The van der Waals surface area contributed by atoms with Crippen molar-refractivity contribution >= 4 is 5.91 Å². The van der Waals surface area contributed by atoms with Gasteiger partial charge in [-0.2, -0.15) is 0 Å². The molecule has 1 amide bonds. The molecule has 2 aliphatic rings. The topological polar surface area (TPSA) is 65.6 Å². The normalized spacial score (nSPS) is 29.0. The van der Waals surface area contributed by atoms with Crippen LogP contribution in [0.2, 0.25) is 0 Å². The Hall–Kier alpha value is -1.63. The van der Waals surface area contributed by atoms with Gasteiger partial charge in [-0.05, 0) is 30.0 Å². The van der Waals surface area contributed by atoms with Gasteiger partial charge in [-0.3, -0.25) is 10.2 Å². The molecule has 0 aliphatic carbocycles. The van der Waals surface area contributed by atoms with Gasteiger partial charge in [0.2, 0.25) is 5.91 Å². The van der Waals surface area contributed by atoms with Crippen LogP contribution in [0.4, 0.5) is 0 Å². The molecule has 0 radical (unpaired) electrons. The number of methoxy groups -OCH3 is 1. The van der Waals surface area contributed by atoms with E-state index in [0.717, 1.165) is 38.3 Å². The van der Waals surface area contributed by atoms with E-state index in [-0.39, 0.29) is 11.9 Å². The molecule has 144 valence electrons. The number of amides is 1. The molecule has 0 spiro atoms. The van der Waals surface area contributed by atoms with Gasteiger partial charge in [-0.1, -0.05) is 25.5 Å². The second-order valence-electron chi connectivity index (χ2n) is 7.61. The summed E-state index contributed by atoms with van der Waals surface area (Å²) in [6, 6.07) is 8.90. The second-order valence-corrected chi connectivity index (χ2v) is 7.61. The van der Waals surface area contributed by atoms with Crippen molar-refractivity contribution in [2.45, 2.75) is 38.8 Å². The van der Waals surface area contributed by atoms with E-state index in [9.17, 15) is 4.79 Å². The van der Waals surface area contributed by atoms with Crippen LogP contribution in [0.3, 0.4) is 0 Å². The van der Waals surface area contributed by atoms with Gasteiger partial charge in [0.05, 0.1) is 13.2 Å². The molecule has 4 atom stereocenters. The van der Waals surface area contributed by atoms with Crippen molar-refractivity contribution in [2.75, 3.05) is 33.3 Å². The summed E-state index contributed by atoms with van der Waals surface area (Å²) < 4.78 is 5.27. The van der Waals surface area contributed by atoms with Crippen LogP contribution < -0.4 is 20.9 Å². The second kappa shape index (κ2) is 8.84. The van der Waals surface area contributed by atoms with E-state index < -0.39 is 0 Å². The van der Waals surface area contributed by atoms with Gasteiger partial charge in [0.25, 0.3) is 0 Å². The predicted octanol–water partition coefficient (Wildman–Crippen LogP) is 1.70. The number of ether oxygens (including phenoxy) is 1. The van der Waals surface area contributed by atoms with Crippen LogP contribution in [0.15, 0.2) is 24.3 Å². The molecular formula is C20H32N4O2. The number of hydrogen-bond acceptors (Lipinski definition) is 5. The zero-order valence-electron chi connectivity index (χ0n) is 16.1. The number of nitrogens with one attached hydrogen (secondary N) is 3. The molecule has 2 heterocycles. The van der Waals surface area contributed by atoms with Crippen molar-refractivity contribution in [2.24, 2.45) is 11.8 Å². The van der Waals surface area contributed by atoms with Crippen LogP contribution in [0, 0.1) is 11.8 Å². The van der Waals surface area contributed by atoms with Gasteiger partial charge >= 0.3 is 0 Å². The molecule has 2 unspecified atom stereocenters. The Kier molecular flexibility index (Phi) is 6.51. The summed E-state index contributed by atoms with van der Waals surface area (Å²) in [6.07, 6.45) is 2.33. The summed E-state index contributed by atoms with van der Waals surface area (Å²) in [7, 11) is 1.69. The highest BCUT2D eigenvalue weighted by Crippen LogP contribution is 2.29. The Balaban J connectivity index is 1.62. The Labute approximate surface area is 156 Å². The molecule has 26 heavy (non-hydrogen) atoms. The molecule has 3 N–H and O–H groups in total. The van der Waals surface area contributed by atoms with E-state index in [1.807, 2.05) is 12.1 Å². The summed E-state index contributed by atoms with van der Waals surface area (Å²) in [5.41, 5.74) is 8.03. The van der Waals surface area contributed by atoms with Crippen LogP contribution >= 0.6 is 0 Å². The molecule has 6 heteroatoms. The third-order valence-corrected chi connectivity index (χ3v) is 5.63. The van der Waals surface area contributed by atoms with Gasteiger partial charge in [0.1, 0.15) is 5.75 Å². The number of carbonyl (C=O) groups is 1. The maximum atomic E-state index is 11.5. The number of carbonyl (C=O) groups excluding carboxylic acids is 1. The Morgan fingerprint density at radius 1 is 1.27 bits per heavy atom. The van der Waals surface area contributed by atoms with E-state index in [4.69, 9.17) is 4.74 Å². The molecule has 2 fully saturated rings. The third-order valence-electron chi connectivity index (χ3n) is 5.63. The summed E-state index contributed by atoms with van der Waals surface area (Å²) in [4.78, 5) is 14.1. The molecule has 0 saturated carbocycles. The highest BCUT2D eigenvalue weighted by atomic mass is 16.5. The lowest BCUT2D eigenvalue weighted by atomic mass is 9.94. The smallest absolute Gasteiger partial charge is 0.217 e. The van der Waals surface area contributed by atoms with Crippen molar-refractivity contribution in [3.63, 3.8) is 0 Å². The van der Waals surface area contributed by atoms with Gasteiger partial charge in [0.15, 0.2) is 0 Å². The molecule has 0 bridgehead atoms. The minimum atomic E-state index is 0.0817. The number of benzene rings is 1. The molecule has 1 aromatic rings. The zero-order chi connectivity index (χ0) is 18.5. The van der Waals surface area contributed by atoms with Crippen molar-refractivity contribution in [3.8, 4) is 5.75 Å². The minimum Gasteiger partial charge on any atom is -0.497 e. The van der Waals surface area contributed by atoms with E-state index in [1.165, 1.54) is 12.0 Å². The molecule has 6 nitrogen and oxygen atoms in total. The summed E-state index contributed by atoms with van der Waals surface area (Å²) in [5.74, 6) is 2.03. The van der Waals surface area contributed by atoms with E-state index in [2.05, 4.69) is 40.1 Å². The van der Waals surface area contributed by atoms with Crippen LogP contribution in [0.5, 0.6) is 5.75 Å². The number of hydrogen-bond donors (Lipinski definition) is 3. The summed E-state index contributed by atoms with van der Waals surface area (Å²) in [6.45, 7) is 7.86. The highest BCUT2D eigenvalue weighted by molar-refractivity contribution is 5.73. The molecule has 0 aromatic heterocycles. The fourth-order valence-corrected chi connectivity index (χ4v) is 4.40. The standard InChI is InChI=1S/C20H32N4O2/c1-4-5-16-11-24(13-19(16)22-14(2)25)12-17-10-21-23-20(17)15-6-8-18(26-3)9-7-15/h6-9,16-17,19-21,23H,4-5,10-13H2,1-3H3,(H,22,25)/t16-,17?,19-,20?/m1/s1. The number of nitrogens with zero attached hydrogens (tertiary/aromatic N) is 1. The van der Waals surface area contributed by atoms with Crippen LogP contribution in [0.25, 0.3) is 0 Å². The Bertz CT molecular complexity index is 592. The Morgan fingerprint density at radius 2 is 2.04 bits per heavy atom. The van der Waals surface area contributed by atoms with Crippen molar-refractivity contribution in [1.29, 1.82) is 0 Å². The van der Waals surface area contributed by atoms with Crippen LogP contribution in [0.1, 0.15) is 38.3 Å². The fraction of sp³-hybridized carbons (Fsp3) is 0.650. The first kappa shape index (κ1) is 19.1. The monoisotopic (exact) mass is 360 g/mol. The third kappa shape index (κ3) is 4.55. The lowest BCUT2D eigenvalue weighted by molar-refractivity contribution is -0.119. The quantitative estimate of drug-likeness (QED) is 0.691. The lowest BCUT2D eigenvalue weighted by Crippen LogP contribution is -2.40. The SMILES string of the molecule is CCC[C@@H]1CN(CC2CNNC2c2ccc(OC)cc2)C[C@H]1NC(C)=O. The predicted molar refractivity (Wildman–Crippen MR) is 103 cm³/mol. The maximum absolute atomic E-state index is 11.5. The average Bonchev–Trinajstić information content (AvgIpc) is 3.22. The van der Waals surface area contributed by atoms with E-state index in [0.29, 0.717) is 17.9 Å². The largest absolute Gasteiger partial charge is 0.497 e. The summed E-state index contributed by atoms with van der Waals surface area (Å²) >= 11 is 0. The number of likely N-dealkylation sites (tertiary alicyclic amines) is 1. The lowest BCUT2D eigenvalue weighted by Gasteiger charge is -2.24. The van der Waals surface area contributed by atoms with E-state index >= 15 is 0 Å². The molecule has 1 aromatic carbocycles. The van der Waals surface area contributed by atoms with Crippen molar-refractivity contribution in [1.82, 2.24) is 21.1 Å². The molecule has 2 aliphatic heterocycles. The highest BCUT2D eigenvalue weighted by Gasteiger charge is 2.36. The zero-order valence-corrected chi connectivity index (χ0v) is 16.1. The van der Waals surface area contributed by atoms with Gasteiger partial charge in [-0.25, -0.2) is 5.43 Å². The molecule has 2 saturated heterocycles. The number of rotatable bonds is 7. The van der Waals surface area contributed by atoms with Gasteiger partial charge in [0, 0.05) is 45.1 Å². The van der Waals surface area contributed by atoms with E-state index in [1.54, 1.807) is 14.0 Å². The fourth-order valence-electron chi connectivity index (χ4n) is 4.40. The first-order valence-corrected chi connectivity index (χ1v) is 9.72. The number of hydrazine groups is 1.